The number of benzene rings is 1. The Morgan fingerprint density at radius 2 is 1.90 bits per heavy atom. The number of nitrogens with zero attached hydrogens (tertiary/aromatic N) is 2. The molecule has 5 nitrogen and oxygen atoms in total. The van der Waals surface area contributed by atoms with Crippen LogP contribution < -0.4 is 0 Å². The van der Waals surface area contributed by atoms with Gasteiger partial charge in [0.25, 0.3) is 0 Å². The van der Waals surface area contributed by atoms with Crippen molar-refractivity contribution in [2.75, 3.05) is 0 Å². The van der Waals surface area contributed by atoms with Gasteiger partial charge in [0.2, 0.25) is 5.78 Å². The van der Waals surface area contributed by atoms with Gasteiger partial charge in [-0.1, -0.05) is 18.2 Å². The van der Waals surface area contributed by atoms with E-state index in [2.05, 4.69) is 5.10 Å². The lowest BCUT2D eigenvalue weighted by Crippen LogP contribution is -2.21. The van der Waals surface area contributed by atoms with E-state index in [1.165, 1.54) is 6.26 Å². The van der Waals surface area contributed by atoms with Gasteiger partial charge in [-0.3, -0.25) is 14.3 Å². The molecule has 21 heavy (non-hydrogen) atoms. The van der Waals surface area contributed by atoms with Crippen LogP contribution in [0.2, 0.25) is 0 Å². The van der Waals surface area contributed by atoms with E-state index < -0.39 is 5.92 Å². The Hall–Kier alpha value is -2.69. The first-order chi connectivity index (χ1) is 10.1. The number of hydrogen-bond acceptors (Lipinski definition) is 4. The second kappa shape index (κ2) is 5.01. The molecule has 5 heteroatoms. The van der Waals surface area contributed by atoms with Gasteiger partial charge in [0, 0.05) is 12.4 Å². The van der Waals surface area contributed by atoms with Crippen LogP contribution in [0.4, 0.5) is 0 Å². The lowest BCUT2D eigenvalue weighted by Gasteiger charge is -2.05. The summed E-state index contributed by atoms with van der Waals surface area (Å²) >= 11 is 0. The second-order valence-electron chi connectivity index (χ2n) is 4.92. The van der Waals surface area contributed by atoms with Crippen LogP contribution >= 0.6 is 0 Å². The van der Waals surface area contributed by atoms with E-state index in [4.69, 9.17) is 4.42 Å². The summed E-state index contributed by atoms with van der Waals surface area (Å²) in [4.78, 5) is 24.8. The molecule has 0 aliphatic heterocycles. The Kier molecular flexibility index (Phi) is 3.17. The van der Waals surface area contributed by atoms with E-state index >= 15 is 0 Å². The van der Waals surface area contributed by atoms with Gasteiger partial charge >= 0.3 is 0 Å². The molecule has 1 atom stereocenters. The van der Waals surface area contributed by atoms with Crippen LogP contribution in [-0.4, -0.2) is 21.3 Å². The smallest absolute Gasteiger partial charge is 0.208 e. The standard InChI is InChI=1S/C16H14N2O3/c1-10(15(19)13-8-5-9-21-13)16(20)14-11-6-3-4-7-12(11)18(2)17-14/h3-10H,1-2H3. The summed E-state index contributed by atoms with van der Waals surface area (Å²) < 4.78 is 6.71. The number of aromatic nitrogens is 2. The average molecular weight is 282 g/mol. The van der Waals surface area contributed by atoms with Crippen molar-refractivity contribution in [3.8, 4) is 0 Å². The highest BCUT2D eigenvalue weighted by Gasteiger charge is 2.28. The molecule has 0 N–H and O–H groups in total. The fraction of sp³-hybridized carbons (Fsp3) is 0.188. The van der Waals surface area contributed by atoms with E-state index in [9.17, 15) is 9.59 Å². The third-order valence-electron chi connectivity index (χ3n) is 3.54. The Morgan fingerprint density at radius 3 is 2.62 bits per heavy atom. The minimum Gasteiger partial charge on any atom is -0.461 e. The third-order valence-corrected chi connectivity index (χ3v) is 3.54. The second-order valence-corrected chi connectivity index (χ2v) is 4.92. The molecule has 2 heterocycles. The number of ketones is 2. The first-order valence-corrected chi connectivity index (χ1v) is 6.63. The monoisotopic (exact) mass is 282 g/mol. The summed E-state index contributed by atoms with van der Waals surface area (Å²) in [6, 6.07) is 10.6. The number of Topliss-reactive ketones (excluding diaryl/α,β-unsaturated/α-hetero) is 2. The zero-order valence-corrected chi connectivity index (χ0v) is 11.7. The number of para-hydroxylation sites is 1. The topological polar surface area (TPSA) is 65.1 Å². The molecule has 1 aromatic carbocycles. The van der Waals surface area contributed by atoms with Crippen LogP contribution in [-0.2, 0) is 7.05 Å². The Morgan fingerprint density at radius 1 is 1.14 bits per heavy atom. The Bertz CT molecular complexity index is 815. The quantitative estimate of drug-likeness (QED) is 0.545. The van der Waals surface area contributed by atoms with Crippen molar-refractivity contribution < 1.29 is 14.0 Å². The van der Waals surface area contributed by atoms with Crippen LogP contribution in [0.5, 0.6) is 0 Å². The summed E-state index contributed by atoms with van der Waals surface area (Å²) in [6.45, 7) is 1.58. The molecular weight excluding hydrogens is 268 g/mol. The first-order valence-electron chi connectivity index (χ1n) is 6.63. The van der Waals surface area contributed by atoms with Gasteiger partial charge in [0.15, 0.2) is 11.5 Å². The molecule has 106 valence electrons. The van der Waals surface area contributed by atoms with Crippen LogP contribution in [0.15, 0.2) is 47.1 Å². The molecule has 0 saturated heterocycles. The fourth-order valence-electron chi connectivity index (χ4n) is 2.35. The summed E-state index contributed by atoms with van der Waals surface area (Å²) in [5, 5.41) is 5.01. The normalized spacial score (nSPS) is 12.5. The zero-order chi connectivity index (χ0) is 15.0. The average Bonchev–Trinajstić information content (AvgIpc) is 3.14. The minimum absolute atomic E-state index is 0.191. The first kappa shape index (κ1) is 13.3. The van der Waals surface area contributed by atoms with Crippen molar-refractivity contribution in [3.63, 3.8) is 0 Å². The largest absolute Gasteiger partial charge is 0.461 e. The molecule has 0 fully saturated rings. The van der Waals surface area contributed by atoms with E-state index in [0.717, 1.165) is 10.9 Å². The van der Waals surface area contributed by atoms with Crippen LogP contribution in [0.25, 0.3) is 10.9 Å². The van der Waals surface area contributed by atoms with Crippen molar-refractivity contribution in [1.29, 1.82) is 0 Å². The summed E-state index contributed by atoms with van der Waals surface area (Å²) in [7, 11) is 1.78. The number of fused-ring (bicyclic) bond motifs is 1. The van der Waals surface area contributed by atoms with Crippen molar-refractivity contribution in [2.45, 2.75) is 6.92 Å². The van der Waals surface area contributed by atoms with E-state index in [1.54, 1.807) is 30.8 Å². The highest BCUT2D eigenvalue weighted by Crippen LogP contribution is 2.22. The SMILES string of the molecule is CC(C(=O)c1ccco1)C(=O)c1nn(C)c2ccccc12. The lowest BCUT2D eigenvalue weighted by molar-refractivity contribution is 0.0801. The predicted octanol–water partition coefficient (Wildman–Crippen LogP) is 2.87. The van der Waals surface area contributed by atoms with Crippen molar-refractivity contribution >= 4 is 22.5 Å². The number of carbonyl (C=O) groups is 2. The molecule has 2 aromatic heterocycles. The lowest BCUT2D eigenvalue weighted by atomic mass is 9.96. The van der Waals surface area contributed by atoms with Crippen molar-refractivity contribution in [3.05, 3.63) is 54.1 Å². The van der Waals surface area contributed by atoms with Crippen molar-refractivity contribution in [1.82, 2.24) is 9.78 Å². The van der Waals surface area contributed by atoms with Gasteiger partial charge in [-0.25, -0.2) is 0 Å². The number of hydrogen-bond donors (Lipinski definition) is 0. The fourth-order valence-corrected chi connectivity index (χ4v) is 2.35. The molecule has 3 aromatic rings. The molecule has 0 aliphatic carbocycles. The van der Waals surface area contributed by atoms with Gasteiger partial charge in [-0.2, -0.15) is 5.10 Å². The molecule has 3 rings (SSSR count). The Balaban J connectivity index is 1.99. The number of furan rings is 1. The third kappa shape index (κ3) is 2.16. The molecule has 0 aliphatic rings. The maximum Gasteiger partial charge on any atom is 0.208 e. The number of carbonyl (C=O) groups excluding carboxylic acids is 2. The number of rotatable bonds is 4. The van der Waals surface area contributed by atoms with Crippen LogP contribution in [0, 0.1) is 5.92 Å². The molecule has 0 amide bonds. The highest BCUT2D eigenvalue weighted by atomic mass is 16.3. The molecule has 1 unspecified atom stereocenters. The summed E-state index contributed by atoms with van der Waals surface area (Å²) in [5.41, 5.74) is 1.18. The molecule has 0 spiro atoms. The molecular formula is C16H14N2O3. The molecule has 0 bridgehead atoms. The molecule has 0 radical (unpaired) electrons. The Labute approximate surface area is 121 Å². The van der Waals surface area contributed by atoms with Gasteiger partial charge in [0.1, 0.15) is 5.69 Å². The van der Waals surface area contributed by atoms with Crippen LogP contribution in [0.1, 0.15) is 28.0 Å². The van der Waals surface area contributed by atoms with Gasteiger partial charge in [-0.15, -0.1) is 0 Å². The van der Waals surface area contributed by atoms with Crippen molar-refractivity contribution in [2.24, 2.45) is 13.0 Å². The van der Waals surface area contributed by atoms with E-state index in [0.29, 0.717) is 5.69 Å². The maximum atomic E-state index is 12.6. The number of aryl methyl sites for hydroxylation is 1. The van der Waals surface area contributed by atoms with E-state index in [-0.39, 0.29) is 17.3 Å². The summed E-state index contributed by atoms with van der Waals surface area (Å²) in [5.74, 6) is -1.27. The maximum absolute atomic E-state index is 12.6. The predicted molar refractivity (Wildman–Crippen MR) is 77.2 cm³/mol. The van der Waals surface area contributed by atoms with Gasteiger partial charge in [-0.05, 0) is 25.1 Å². The van der Waals surface area contributed by atoms with Gasteiger partial charge in [0.05, 0.1) is 17.7 Å². The van der Waals surface area contributed by atoms with Crippen LogP contribution in [0.3, 0.4) is 0 Å². The highest BCUT2D eigenvalue weighted by molar-refractivity contribution is 6.18. The zero-order valence-electron chi connectivity index (χ0n) is 11.7. The molecule has 0 saturated carbocycles. The van der Waals surface area contributed by atoms with Gasteiger partial charge < -0.3 is 4.42 Å². The van der Waals surface area contributed by atoms with E-state index in [1.807, 2.05) is 24.3 Å². The summed E-state index contributed by atoms with van der Waals surface area (Å²) in [6.07, 6.45) is 1.42. The minimum atomic E-state index is -0.825.